The highest BCUT2D eigenvalue weighted by molar-refractivity contribution is 6.39. The van der Waals surface area contributed by atoms with Crippen molar-refractivity contribution in [1.82, 2.24) is 5.32 Å². The molecule has 0 heterocycles. The Hall–Kier alpha value is -1.26. The van der Waals surface area contributed by atoms with Gasteiger partial charge >= 0.3 is 5.97 Å². The summed E-state index contributed by atoms with van der Waals surface area (Å²) in [7, 11) is 0. The van der Waals surface area contributed by atoms with Crippen molar-refractivity contribution in [2.24, 2.45) is 23.2 Å². The maximum absolute atomic E-state index is 12.4. The molecule has 4 bridgehead atoms. The van der Waals surface area contributed by atoms with E-state index in [1.54, 1.807) is 18.2 Å². The lowest BCUT2D eigenvalue weighted by molar-refractivity contribution is -0.128. The summed E-state index contributed by atoms with van der Waals surface area (Å²) in [6, 6.07) is 4.89. The standard InChI is InChI=1S/C21H25Cl2NO3/c1-12(21-8-13-5-14(9-21)7-15(6-13)10-21)24-18(25)11-27-20(26)19-16(22)3-2-4-17(19)23/h2-4,12-15H,5-11H2,1H3,(H,24,25)/t12-,13?,14?,15?,21?/m0/s1. The van der Waals surface area contributed by atoms with Crippen LogP contribution in [0.15, 0.2) is 18.2 Å². The van der Waals surface area contributed by atoms with Gasteiger partial charge in [0, 0.05) is 6.04 Å². The largest absolute Gasteiger partial charge is 0.452 e. The van der Waals surface area contributed by atoms with Gasteiger partial charge in [0.1, 0.15) is 0 Å². The minimum atomic E-state index is -0.678. The normalized spacial score (nSPS) is 32.2. The molecule has 1 aromatic rings. The molecule has 0 aromatic heterocycles. The van der Waals surface area contributed by atoms with E-state index >= 15 is 0 Å². The Morgan fingerprint density at radius 1 is 1.11 bits per heavy atom. The Morgan fingerprint density at radius 2 is 1.63 bits per heavy atom. The summed E-state index contributed by atoms with van der Waals surface area (Å²) in [6.45, 7) is 1.79. The zero-order valence-electron chi connectivity index (χ0n) is 15.5. The molecule has 0 aliphatic heterocycles. The van der Waals surface area contributed by atoms with Gasteiger partial charge in [-0.05, 0) is 80.8 Å². The van der Waals surface area contributed by atoms with Crippen LogP contribution in [-0.4, -0.2) is 24.5 Å². The van der Waals surface area contributed by atoms with Gasteiger partial charge in [0.2, 0.25) is 0 Å². The molecule has 1 N–H and O–H groups in total. The van der Waals surface area contributed by atoms with E-state index in [9.17, 15) is 9.59 Å². The van der Waals surface area contributed by atoms with Crippen LogP contribution in [0.1, 0.15) is 55.8 Å². The van der Waals surface area contributed by atoms with E-state index in [2.05, 4.69) is 12.2 Å². The van der Waals surface area contributed by atoms with Gasteiger partial charge in [-0.2, -0.15) is 0 Å². The fraction of sp³-hybridized carbons (Fsp3) is 0.619. The molecule has 1 amide bonds. The second-order valence-electron chi connectivity index (χ2n) is 8.74. The van der Waals surface area contributed by atoms with Crippen LogP contribution in [-0.2, 0) is 9.53 Å². The number of halogens is 2. The summed E-state index contributed by atoms with van der Waals surface area (Å²) >= 11 is 12.0. The van der Waals surface area contributed by atoms with Gasteiger partial charge in [-0.3, -0.25) is 4.79 Å². The van der Waals surface area contributed by atoms with Gasteiger partial charge < -0.3 is 10.1 Å². The van der Waals surface area contributed by atoms with Gasteiger partial charge in [-0.15, -0.1) is 0 Å². The average Bonchev–Trinajstić information content (AvgIpc) is 2.58. The number of esters is 1. The van der Waals surface area contributed by atoms with Crippen molar-refractivity contribution in [3.63, 3.8) is 0 Å². The summed E-state index contributed by atoms with van der Waals surface area (Å²) in [4.78, 5) is 24.6. The molecule has 146 valence electrons. The fourth-order valence-corrected chi connectivity index (χ4v) is 6.59. The molecule has 1 aromatic carbocycles. The molecule has 6 heteroatoms. The van der Waals surface area contributed by atoms with Crippen molar-refractivity contribution in [3.8, 4) is 0 Å². The van der Waals surface area contributed by atoms with Crippen molar-refractivity contribution in [3.05, 3.63) is 33.8 Å². The highest BCUT2D eigenvalue weighted by Crippen LogP contribution is 2.61. The van der Waals surface area contributed by atoms with E-state index in [0.717, 1.165) is 17.8 Å². The number of rotatable bonds is 5. The highest BCUT2D eigenvalue weighted by Gasteiger charge is 2.53. The number of carbonyl (C=O) groups is 2. The zero-order chi connectivity index (χ0) is 19.2. The second-order valence-corrected chi connectivity index (χ2v) is 9.56. The summed E-state index contributed by atoms with van der Waals surface area (Å²) in [5.74, 6) is 1.54. The number of amides is 1. The van der Waals surface area contributed by atoms with Crippen LogP contribution in [0.2, 0.25) is 10.0 Å². The summed E-state index contributed by atoms with van der Waals surface area (Å²) in [5.41, 5.74) is 0.322. The van der Waals surface area contributed by atoms with Crippen molar-refractivity contribution < 1.29 is 14.3 Å². The predicted octanol–water partition coefficient (Wildman–Crippen LogP) is 4.87. The molecule has 0 spiro atoms. The van der Waals surface area contributed by atoms with E-state index in [1.807, 2.05) is 0 Å². The highest BCUT2D eigenvalue weighted by atomic mass is 35.5. The minimum Gasteiger partial charge on any atom is -0.452 e. The van der Waals surface area contributed by atoms with Crippen molar-refractivity contribution in [2.45, 2.75) is 51.5 Å². The van der Waals surface area contributed by atoms with Gasteiger partial charge in [0.25, 0.3) is 5.91 Å². The number of hydrogen-bond acceptors (Lipinski definition) is 3. The lowest BCUT2D eigenvalue weighted by atomic mass is 9.48. The third kappa shape index (κ3) is 3.71. The third-order valence-electron chi connectivity index (χ3n) is 6.88. The van der Waals surface area contributed by atoms with Crippen LogP contribution in [0.25, 0.3) is 0 Å². The van der Waals surface area contributed by atoms with Crippen LogP contribution >= 0.6 is 23.2 Å². The quantitative estimate of drug-likeness (QED) is 0.705. The Bertz CT molecular complexity index is 708. The molecule has 27 heavy (non-hydrogen) atoms. The number of nitrogens with one attached hydrogen (secondary N) is 1. The number of hydrogen-bond donors (Lipinski definition) is 1. The molecule has 0 radical (unpaired) electrons. The van der Waals surface area contributed by atoms with Gasteiger partial charge in [-0.25, -0.2) is 4.79 Å². The van der Waals surface area contributed by atoms with Crippen LogP contribution in [0.3, 0.4) is 0 Å². The first-order valence-electron chi connectivity index (χ1n) is 9.77. The van der Waals surface area contributed by atoms with Gasteiger partial charge in [0.15, 0.2) is 6.61 Å². The Morgan fingerprint density at radius 3 is 2.15 bits per heavy atom. The molecular weight excluding hydrogens is 385 g/mol. The Kier molecular flexibility index (Phi) is 5.15. The SMILES string of the molecule is C[C@H](NC(=O)COC(=O)c1c(Cl)cccc1Cl)C12CC3CC(CC(C3)C1)C2. The van der Waals surface area contributed by atoms with E-state index in [4.69, 9.17) is 27.9 Å². The van der Waals surface area contributed by atoms with Crippen LogP contribution in [0.4, 0.5) is 0 Å². The third-order valence-corrected chi connectivity index (χ3v) is 7.51. The van der Waals surface area contributed by atoms with E-state index in [1.165, 1.54) is 38.5 Å². The molecule has 4 aliphatic rings. The van der Waals surface area contributed by atoms with Gasteiger partial charge in [-0.1, -0.05) is 29.3 Å². The Balaban J connectivity index is 1.34. The van der Waals surface area contributed by atoms with Crippen LogP contribution in [0.5, 0.6) is 0 Å². The van der Waals surface area contributed by atoms with Gasteiger partial charge in [0.05, 0.1) is 15.6 Å². The first-order valence-corrected chi connectivity index (χ1v) is 10.5. The summed E-state index contributed by atoms with van der Waals surface area (Å²) in [5, 5.41) is 3.53. The zero-order valence-corrected chi connectivity index (χ0v) is 17.0. The van der Waals surface area contributed by atoms with Crippen molar-refractivity contribution >= 4 is 35.1 Å². The maximum Gasteiger partial charge on any atom is 0.341 e. The maximum atomic E-state index is 12.4. The lowest BCUT2D eigenvalue weighted by Crippen LogP contribution is -2.56. The van der Waals surface area contributed by atoms with E-state index in [0.29, 0.717) is 0 Å². The lowest BCUT2D eigenvalue weighted by Gasteiger charge is -2.59. The number of carbonyl (C=O) groups excluding carboxylic acids is 2. The number of benzene rings is 1. The molecule has 1 atom stereocenters. The topological polar surface area (TPSA) is 55.4 Å². The molecule has 0 saturated heterocycles. The van der Waals surface area contributed by atoms with Crippen LogP contribution < -0.4 is 5.32 Å². The van der Waals surface area contributed by atoms with E-state index in [-0.39, 0.29) is 39.6 Å². The van der Waals surface area contributed by atoms with Crippen LogP contribution in [0, 0.1) is 23.2 Å². The van der Waals surface area contributed by atoms with E-state index < -0.39 is 5.97 Å². The molecule has 5 rings (SSSR count). The molecule has 4 fully saturated rings. The minimum absolute atomic E-state index is 0.0982. The summed E-state index contributed by atoms with van der Waals surface area (Å²) in [6.07, 6.45) is 7.77. The smallest absolute Gasteiger partial charge is 0.341 e. The monoisotopic (exact) mass is 409 g/mol. The van der Waals surface area contributed by atoms with Crippen molar-refractivity contribution in [1.29, 1.82) is 0 Å². The first kappa shape index (κ1) is 19.1. The second kappa shape index (κ2) is 7.29. The molecule has 4 saturated carbocycles. The predicted molar refractivity (Wildman–Crippen MR) is 105 cm³/mol. The first-order chi connectivity index (χ1) is 12.9. The number of ether oxygens (including phenoxy) is 1. The molecule has 0 unspecified atom stereocenters. The average molecular weight is 410 g/mol. The molecule has 4 nitrogen and oxygen atoms in total. The molecular formula is C21H25Cl2NO3. The Labute approximate surface area is 169 Å². The summed E-state index contributed by atoms with van der Waals surface area (Å²) < 4.78 is 5.15. The van der Waals surface area contributed by atoms with Crippen molar-refractivity contribution in [2.75, 3.05) is 6.61 Å². The molecule has 4 aliphatic carbocycles. The fourth-order valence-electron chi connectivity index (χ4n) is 6.04.